The summed E-state index contributed by atoms with van der Waals surface area (Å²) >= 11 is 0. The van der Waals surface area contributed by atoms with Crippen LogP contribution < -0.4 is 20.7 Å². The monoisotopic (exact) mass is 280 g/mol. The van der Waals surface area contributed by atoms with Crippen molar-refractivity contribution in [2.45, 2.75) is 52.5 Å². The van der Waals surface area contributed by atoms with Gasteiger partial charge in [0, 0.05) is 6.04 Å². The normalized spacial score (nSPS) is 12.2. The topological polar surface area (TPSA) is 56.5 Å². The first-order valence-electron chi connectivity index (χ1n) is 7.62. The molecule has 1 unspecified atom stereocenters. The lowest BCUT2D eigenvalue weighted by molar-refractivity contribution is 0.287. The molecule has 0 spiro atoms. The van der Waals surface area contributed by atoms with Crippen LogP contribution in [0.1, 0.15) is 58.1 Å². The van der Waals surface area contributed by atoms with E-state index in [-0.39, 0.29) is 6.04 Å². The molecule has 1 atom stereocenters. The fraction of sp³-hybridized carbons (Fsp3) is 0.625. The van der Waals surface area contributed by atoms with E-state index in [1.54, 1.807) is 0 Å². The van der Waals surface area contributed by atoms with E-state index in [2.05, 4.69) is 18.4 Å². The van der Waals surface area contributed by atoms with Gasteiger partial charge in [-0.05, 0) is 38.0 Å². The van der Waals surface area contributed by atoms with Crippen molar-refractivity contribution in [2.24, 2.45) is 5.84 Å². The van der Waals surface area contributed by atoms with Crippen LogP contribution in [0, 0.1) is 0 Å². The summed E-state index contributed by atoms with van der Waals surface area (Å²) in [5, 5.41) is 0. The van der Waals surface area contributed by atoms with E-state index in [0.717, 1.165) is 23.5 Å². The van der Waals surface area contributed by atoms with E-state index in [0.29, 0.717) is 13.2 Å². The van der Waals surface area contributed by atoms with Gasteiger partial charge in [0.2, 0.25) is 0 Å². The van der Waals surface area contributed by atoms with E-state index < -0.39 is 0 Å². The largest absolute Gasteiger partial charge is 0.490 e. The Kier molecular flexibility index (Phi) is 8.07. The molecule has 4 nitrogen and oxygen atoms in total. The van der Waals surface area contributed by atoms with Crippen LogP contribution in [0.3, 0.4) is 0 Å². The Morgan fingerprint density at radius 3 is 2.35 bits per heavy atom. The maximum Gasteiger partial charge on any atom is 0.161 e. The average molecular weight is 280 g/mol. The van der Waals surface area contributed by atoms with Crippen molar-refractivity contribution >= 4 is 0 Å². The number of nitrogens with two attached hydrogens (primary N) is 1. The van der Waals surface area contributed by atoms with Crippen LogP contribution in [0.2, 0.25) is 0 Å². The van der Waals surface area contributed by atoms with Crippen molar-refractivity contribution in [1.29, 1.82) is 0 Å². The molecule has 1 aromatic rings. The van der Waals surface area contributed by atoms with E-state index in [1.165, 1.54) is 19.3 Å². The Labute approximate surface area is 122 Å². The van der Waals surface area contributed by atoms with Gasteiger partial charge in [-0.3, -0.25) is 11.3 Å². The predicted octanol–water partition coefficient (Wildman–Crippen LogP) is 3.57. The second-order valence-electron chi connectivity index (χ2n) is 4.79. The standard InChI is InChI=1S/C16H28N2O2/c1-4-7-8-9-14(18-17)13-10-11-15(19-5-2)16(12-13)20-6-3/h10-12,14,18H,4-9,17H2,1-3H3. The van der Waals surface area contributed by atoms with Gasteiger partial charge in [0.15, 0.2) is 11.5 Å². The Morgan fingerprint density at radius 1 is 1.05 bits per heavy atom. The first kappa shape index (κ1) is 16.8. The summed E-state index contributed by atoms with van der Waals surface area (Å²) in [6.45, 7) is 7.41. The smallest absolute Gasteiger partial charge is 0.161 e. The lowest BCUT2D eigenvalue weighted by atomic mass is 10.0. The Bertz CT molecular complexity index is 383. The molecular weight excluding hydrogens is 252 g/mol. The van der Waals surface area contributed by atoms with Crippen LogP contribution in [0.25, 0.3) is 0 Å². The third-order valence-electron chi connectivity index (χ3n) is 3.27. The van der Waals surface area contributed by atoms with Crippen LogP contribution in [0.5, 0.6) is 11.5 Å². The van der Waals surface area contributed by atoms with Crippen LogP contribution in [0.4, 0.5) is 0 Å². The number of hydrogen-bond donors (Lipinski definition) is 2. The zero-order chi connectivity index (χ0) is 14.8. The van der Waals surface area contributed by atoms with Gasteiger partial charge in [0.25, 0.3) is 0 Å². The molecule has 3 N–H and O–H groups in total. The molecule has 0 amide bonds. The summed E-state index contributed by atoms with van der Waals surface area (Å²) in [5.74, 6) is 7.27. The van der Waals surface area contributed by atoms with Crippen LogP contribution in [-0.4, -0.2) is 13.2 Å². The van der Waals surface area contributed by atoms with Gasteiger partial charge in [0.05, 0.1) is 13.2 Å². The summed E-state index contributed by atoms with van der Waals surface area (Å²) in [5.41, 5.74) is 4.05. The number of hydrogen-bond acceptors (Lipinski definition) is 4. The first-order valence-corrected chi connectivity index (χ1v) is 7.62. The van der Waals surface area contributed by atoms with Crippen LogP contribution >= 0.6 is 0 Å². The average Bonchev–Trinajstić information content (AvgIpc) is 2.46. The fourth-order valence-electron chi connectivity index (χ4n) is 2.23. The van der Waals surface area contributed by atoms with Crippen LogP contribution in [0.15, 0.2) is 18.2 Å². The zero-order valence-corrected chi connectivity index (χ0v) is 12.9. The Morgan fingerprint density at radius 2 is 1.75 bits per heavy atom. The third kappa shape index (κ3) is 5.02. The highest BCUT2D eigenvalue weighted by Gasteiger charge is 2.13. The van der Waals surface area contributed by atoms with Gasteiger partial charge in [-0.25, -0.2) is 0 Å². The molecule has 0 saturated carbocycles. The molecule has 0 fully saturated rings. The summed E-state index contributed by atoms with van der Waals surface area (Å²) in [6, 6.07) is 6.22. The Balaban J connectivity index is 2.84. The lowest BCUT2D eigenvalue weighted by Gasteiger charge is -2.19. The minimum Gasteiger partial charge on any atom is -0.490 e. The van der Waals surface area contributed by atoms with E-state index in [4.69, 9.17) is 15.3 Å². The number of benzene rings is 1. The summed E-state index contributed by atoms with van der Waals surface area (Å²) in [4.78, 5) is 0. The molecular formula is C16H28N2O2. The number of unbranched alkanes of at least 4 members (excludes halogenated alkanes) is 2. The van der Waals surface area contributed by atoms with Gasteiger partial charge >= 0.3 is 0 Å². The lowest BCUT2D eigenvalue weighted by Crippen LogP contribution is -2.28. The number of ether oxygens (including phenoxy) is 2. The predicted molar refractivity (Wildman–Crippen MR) is 83.0 cm³/mol. The molecule has 114 valence electrons. The third-order valence-corrected chi connectivity index (χ3v) is 3.27. The van der Waals surface area contributed by atoms with Crippen molar-refractivity contribution in [3.8, 4) is 11.5 Å². The fourth-order valence-corrected chi connectivity index (χ4v) is 2.23. The SMILES string of the molecule is CCCCCC(NN)c1ccc(OCC)c(OCC)c1. The maximum absolute atomic E-state index is 5.69. The molecule has 0 aliphatic heterocycles. The van der Waals surface area contributed by atoms with Crippen molar-refractivity contribution < 1.29 is 9.47 Å². The molecule has 0 aromatic heterocycles. The van der Waals surface area contributed by atoms with Crippen LogP contribution in [-0.2, 0) is 0 Å². The van der Waals surface area contributed by atoms with Crippen molar-refractivity contribution in [2.75, 3.05) is 13.2 Å². The number of hydrazine groups is 1. The van der Waals surface area contributed by atoms with Crippen molar-refractivity contribution in [3.63, 3.8) is 0 Å². The number of nitrogens with one attached hydrogen (secondary N) is 1. The minimum absolute atomic E-state index is 0.163. The van der Waals surface area contributed by atoms with Crippen molar-refractivity contribution in [3.05, 3.63) is 23.8 Å². The molecule has 0 aliphatic carbocycles. The van der Waals surface area contributed by atoms with Crippen molar-refractivity contribution in [1.82, 2.24) is 5.43 Å². The van der Waals surface area contributed by atoms with E-state index in [1.807, 2.05) is 26.0 Å². The number of rotatable bonds is 10. The second kappa shape index (κ2) is 9.61. The molecule has 0 heterocycles. The summed E-state index contributed by atoms with van der Waals surface area (Å²) < 4.78 is 11.2. The zero-order valence-electron chi connectivity index (χ0n) is 12.9. The van der Waals surface area contributed by atoms with Gasteiger partial charge in [0.1, 0.15) is 0 Å². The molecule has 1 rings (SSSR count). The Hall–Kier alpha value is -1.26. The summed E-state index contributed by atoms with van der Waals surface area (Å²) in [6.07, 6.45) is 4.64. The molecule has 0 bridgehead atoms. The highest BCUT2D eigenvalue weighted by Crippen LogP contribution is 2.31. The van der Waals surface area contributed by atoms with E-state index in [9.17, 15) is 0 Å². The van der Waals surface area contributed by atoms with Gasteiger partial charge in [-0.1, -0.05) is 32.3 Å². The summed E-state index contributed by atoms with van der Waals surface area (Å²) in [7, 11) is 0. The van der Waals surface area contributed by atoms with Gasteiger partial charge < -0.3 is 9.47 Å². The maximum atomic E-state index is 5.69. The highest BCUT2D eigenvalue weighted by molar-refractivity contribution is 5.44. The second-order valence-corrected chi connectivity index (χ2v) is 4.79. The molecule has 4 heteroatoms. The highest BCUT2D eigenvalue weighted by atomic mass is 16.5. The molecule has 0 radical (unpaired) electrons. The first-order chi connectivity index (χ1) is 9.76. The molecule has 0 aliphatic rings. The molecule has 20 heavy (non-hydrogen) atoms. The molecule has 0 saturated heterocycles. The van der Waals surface area contributed by atoms with Gasteiger partial charge in [-0.2, -0.15) is 0 Å². The minimum atomic E-state index is 0.163. The van der Waals surface area contributed by atoms with Gasteiger partial charge in [-0.15, -0.1) is 0 Å². The molecule has 1 aromatic carbocycles. The quantitative estimate of drug-likeness (QED) is 0.391. The van der Waals surface area contributed by atoms with E-state index >= 15 is 0 Å².